The number of nitrogens with zero attached hydrogens (tertiary/aromatic N) is 2. The summed E-state index contributed by atoms with van der Waals surface area (Å²) in [7, 11) is -4.74. The topological polar surface area (TPSA) is 247 Å². The SMILES string of the molecule is CC[C@H](C)[C@@H](NC(=O)C(O)Cc1ccc(O)c(Br)c1)C(=O)N1C(C(=O)NCCCCN=C(N)N)CC2CCC(OS(=O)(=O)O)CC21. The summed E-state index contributed by atoms with van der Waals surface area (Å²) in [5.74, 6) is -2.25. The van der Waals surface area contributed by atoms with Crippen molar-refractivity contribution >= 4 is 50.0 Å². The molecule has 1 heterocycles. The zero-order chi connectivity index (χ0) is 34.2. The van der Waals surface area contributed by atoms with Gasteiger partial charge < -0.3 is 37.2 Å². The van der Waals surface area contributed by atoms with Crippen LogP contribution in [0.1, 0.15) is 64.4 Å². The molecule has 1 saturated heterocycles. The van der Waals surface area contributed by atoms with E-state index in [-0.39, 0.29) is 36.4 Å². The van der Waals surface area contributed by atoms with Crippen LogP contribution in [0.25, 0.3) is 0 Å². The van der Waals surface area contributed by atoms with Gasteiger partial charge in [-0.25, -0.2) is 4.18 Å². The van der Waals surface area contributed by atoms with Crippen molar-refractivity contribution in [2.75, 3.05) is 13.1 Å². The number of nitrogens with two attached hydrogens (primary N) is 2. The van der Waals surface area contributed by atoms with E-state index in [2.05, 4.69) is 31.6 Å². The molecule has 1 saturated carbocycles. The van der Waals surface area contributed by atoms with E-state index in [1.165, 1.54) is 11.0 Å². The molecule has 2 fully saturated rings. The van der Waals surface area contributed by atoms with E-state index < -0.39 is 58.5 Å². The fraction of sp³-hybridized carbons (Fsp3) is 0.655. The Labute approximate surface area is 277 Å². The monoisotopic (exact) mass is 732 g/mol. The zero-order valence-electron chi connectivity index (χ0n) is 26.0. The van der Waals surface area contributed by atoms with Gasteiger partial charge in [0.2, 0.25) is 17.7 Å². The molecular weight excluding hydrogens is 688 g/mol. The molecule has 0 aromatic heterocycles. The number of hydrogen-bond acceptors (Lipinski definition) is 9. The molecule has 258 valence electrons. The van der Waals surface area contributed by atoms with E-state index >= 15 is 0 Å². The Morgan fingerprint density at radius 3 is 2.54 bits per heavy atom. The van der Waals surface area contributed by atoms with Crippen LogP contribution in [-0.4, -0.2) is 95.2 Å². The number of halogens is 1. The van der Waals surface area contributed by atoms with E-state index in [9.17, 15) is 37.6 Å². The molecule has 15 nitrogen and oxygen atoms in total. The Hall–Kier alpha value is -2.99. The van der Waals surface area contributed by atoms with E-state index in [1.807, 2.05) is 6.92 Å². The predicted octanol–water partition coefficient (Wildman–Crippen LogP) is 0.716. The highest BCUT2D eigenvalue weighted by Crippen LogP contribution is 2.42. The number of unbranched alkanes of at least 4 members (excludes halogenated alkanes) is 1. The van der Waals surface area contributed by atoms with E-state index in [1.54, 1.807) is 19.1 Å². The summed E-state index contributed by atoms with van der Waals surface area (Å²) >= 11 is 3.21. The van der Waals surface area contributed by atoms with E-state index in [0.29, 0.717) is 61.7 Å². The third-order valence-electron chi connectivity index (χ3n) is 8.64. The van der Waals surface area contributed by atoms with Gasteiger partial charge in [0.25, 0.3) is 0 Å². The van der Waals surface area contributed by atoms with Gasteiger partial charge in [-0.2, -0.15) is 8.42 Å². The zero-order valence-corrected chi connectivity index (χ0v) is 28.4. The van der Waals surface area contributed by atoms with Crippen LogP contribution >= 0.6 is 15.9 Å². The lowest BCUT2D eigenvalue weighted by Gasteiger charge is -2.39. The molecule has 1 aliphatic heterocycles. The van der Waals surface area contributed by atoms with Gasteiger partial charge in [0.05, 0.1) is 10.6 Å². The highest BCUT2D eigenvalue weighted by molar-refractivity contribution is 9.10. The molecule has 0 bridgehead atoms. The number of guanidine groups is 1. The summed E-state index contributed by atoms with van der Waals surface area (Å²) in [6, 6.07) is 1.98. The fourth-order valence-corrected chi connectivity index (χ4v) is 7.03. The number of phenolic OH excluding ortho intramolecular Hbond substituents is 1. The molecule has 46 heavy (non-hydrogen) atoms. The number of aliphatic imine (C=N–C) groups is 1. The van der Waals surface area contributed by atoms with Crippen LogP contribution in [-0.2, 0) is 35.4 Å². The van der Waals surface area contributed by atoms with Gasteiger partial charge >= 0.3 is 10.4 Å². The smallest absolute Gasteiger partial charge is 0.397 e. The van der Waals surface area contributed by atoms with Crippen molar-refractivity contribution in [3.8, 4) is 5.75 Å². The molecule has 9 N–H and O–H groups in total. The standard InChI is InChI=1S/C29H45BrN6O9S/c1-3-16(2)25(35-27(40)24(38)13-17-6-9-23(37)20(30)12-17)28(41)36-21-15-19(45-46(42,43)44)8-7-18(21)14-22(36)26(39)33-10-4-5-11-34-29(31)32/h6,9,12,16,18-19,21-22,24-25,37-38H,3-5,7-8,10-11,13-15H2,1-2H3,(H,33,39)(H,35,40)(H4,31,32,34)(H,42,43,44)/t16-,18?,19?,21?,22?,24?,25+/m0/s1. The van der Waals surface area contributed by atoms with Crippen molar-refractivity contribution in [1.29, 1.82) is 0 Å². The van der Waals surface area contributed by atoms with E-state index in [0.717, 1.165) is 0 Å². The molecule has 1 aromatic carbocycles. The molecule has 17 heteroatoms. The molecule has 1 aliphatic carbocycles. The Morgan fingerprint density at radius 2 is 1.91 bits per heavy atom. The maximum Gasteiger partial charge on any atom is 0.397 e. The first-order chi connectivity index (χ1) is 21.6. The number of aliphatic hydroxyl groups excluding tert-OH is 1. The number of likely N-dealkylation sites (tertiary alicyclic amines) is 1. The minimum atomic E-state index is -4.74. The summed E-state index contributed by atoms with van der Waals surface area (Å²) in [5.41, 5.74) is 11.3. The average molecular weight is 734 g/mol. The average Bonchev–Trinajstić information content (AvgIpc) is 3.36. The molecular formula is C29H45BrN6O9S. The Morgan fingerprint density at radius 1 is 1.20 bits per heavy atom. The minimum Gasteiger partial charge on any atom is -0.507 e. The molecule has 7 atom stereocenters. The summed E-state index contributed by atoms with van der Waals surface area (Å²) in [4.78, 5) is 46.4. The maximum atomic E-state index is 14.4. The van der Waals surface area contributed by atoms with Crippen LogP contribution < -0.4 is 22.1 Å². The molecule has 3 amide bonds. The summed E-state index contributed by atoms with van der Waals surface area (Å²) in [5, 5.41) is 26.1. The van der Waals surface area contributed by atoms with Gasteiger partial charge in [0.15, 0.2) is 5.96 Å². The minimum absolute atomic E-state index is 0.00511. The maximum absolute atomic E-state index is 14.4. The summed E-state index contributed by atoms with van der Waals surface area (Å²) in [6.07, 6.45) is 0.370. The van der Waals surface area contributed by atoms with Crippen molar-refractivity contribution in [3.63, 3.8) is 0 Å². The number of amides is 3. The molecule has 0 radical (unpaired) electrons. The molecule has 1 aromatic rings. The fourth-order valence-electron chi connectivity index (χ4n) is 6.09. The van der Waals surface area contributed by atoms with Crippen molar-refractivity contribution in [3.05, 3.63) is 28.2 Å². The molecule has 5 unspecified atom stereocenters. The van der Waals surface area contributed by atoms with Gasteiger partial charge in [0.1, 0.15) is 23.9 Å². The number of aromatic hydroxyl groups is 1. The van der Waals surface area contributed by atoms with Crippen LogP contribution in [0, 0.1) is 11.8 Å². The van der Waals surface area contributed by atoms with Crippen LogP contribution in [0.15, 0.2) is 27.7 Å². The number of carbonyl (C=O) groups excluding carboxylic acids is 3. The number of carbonyl (C=O) groups is 3. The largest absolute Gasteiger partial charge is 0.507 e. The van der Waals surface area contributed by atoms with Crippen molar-refractivity contribution in [2.24, 2.45) is 28.3 Å². The number of benzene rings is 1. The van der Waals surface area contributed by atoms with Gasteiger partial charge in [-0.1, -0.05) is 26.3 Å². The summed E-state index contributed by atoms with van der Waals surface area (Å²) in [6.45, 7) is 4.33. The first-order valence-corrected chi connectivity index (χ1v) is 17.5. The molecule has 2 aliphatic rings. The van der Waals surface area contributed by atoms with Gasteiger partial charge in [0, 0.05) is 25.6 Å². The number of fused-ring (bicyclic) bond motifs is 1. The highest BCUT2D eigenvalue weighted by atomic mass is 79.9. The van der Waals surface area contributed by atoms with E-state index in [4.69, 9.17) is 15.7 Å². The van der Waals surface area contributed by atoms with Gasteiger partial charge in [-0.3, -0.25) is 23.9 Å². The normalized spacial score (nSPS) is 23.1. The Balaban J connectivity index is 1.82. The number of rotatable bonds is 15. The van der Waals surface area contributed by atoms with Gasteiger partial charge in [-0.05, 0) is 84.0 Å². The number of hydrogen-bond donors (Lipinski definition) is 7. The number of aliphatic hydroxyl groups is 1. The Bertz CT molecular complexity index is 1380. The van der Waals surface area contributed by atoms with Crippen LogP contribution in [0.2, 0.25) is 0 Å². The van der Waals surface area contributed by atoms with Crippen LogP contribution in [0.5, 0.6) is 5.75 Å². The Kier molecular flexibility index (Phi) is 13.6. The molecule has 3 rings (SSSR count). The molecule has 0 spiro atoms. The lowest BCUT2D eigenvalue weighted by Crippen LogP contribution is -2.59. The van der Waals surface area contributed by atoms with Crippen molar-refractivity contribution in [2.45, 2.75) is 95.5 Å². The number of nitrogens with one attached hydrogen (secondary N) is 2. The quantitative estimate of drug-likeness (QED) is 0.0573. The first kappa shape index (κ1) is 37.5. The third-order valence-corrected chi connectivity index (χ3v) is 9.79. The van der Waals surface area contributed by atoms with Crippen LogP contribution in [0.3, 0.4) is 0 Å². The summed E-state index contributed by atoms with van der Waals surface area (Å²) < 4.78 is 37.5. The second kappa shape index (κ2) is 16.7. The second-order valence-corrected chi connectivity index (χ2v) is 13.9. The number of phenols is 1. The highest BCUT2D eigenvalue weighted by Gasteiger charge is 2.51. The van der Waals surface area contributed by atoms with Crippen LogP contribution in [0.4, 0.5) is 0 Å². The predicted molar refractivity (Wildman–Crippen MR) is 173 cm³/mol. The third kappa shape index (κ3) is 10.5. The lowest BCUT2D eigenvalue weighted by atomic mass is 9.83. The van der Waals surface area contributed by atoms with Crippen molar-refractivity contribution < 1.29 is 41.8 Å². The second-order valence-electron chi connectivity index (χ2n) is 12.0. The van der Waals surface area contributed by atoms with Crippen molar-refractivity contribution in [1.82, 2.24) is 15.5 Å². The first-order valence-electron chi connectivity index (χ1n) is 15.4. The lowest BCUT2D eigenvalue weighted by molar-refractivity contribution is -0.146. The van der Waals surface area contributed by atoms with Gasteiger partial charge in [-0.15, -0.1) is 0 Å².